The summed E-state index contributed by atoms with van der Waals surface area (Å²) in [6, 6.07) is 20.4. The second kappa shape index (κ2) is 3.94. The molecular weight excluding hydrogens is 254 g/mol. The number of pyridine rings is 1. The van der Waals surface area contributed by atoms with Crippen LogP contribution in [-0.2, 0) is 0 Å². The highest BCUT2D eigenvalue weighted by atomic mass is 35.5. The van der Waals surface area contributed by atoms with Crippen molar-refractivity contribution in [2.24, 2.45) is 0 Å². The number of nitrogens with zero attached hydrogens (tertiary/aromatic N) is 1. The van der Waals surface area contributed by atoms with E-state index in [4.69, 9.17) is 16.6 Å². The zero-order valence-corrected chi connectivity index (χ0v) is 10.9. The molecular formula is C17H10ClN. The predicted molar refractivity (Wildman–Crippen MR) is 81.8 cm³/mol. The Bertz CT molecular complexity index is 928. The highest BCUT2D eigenvalue weighted by Crippen LogP contribution is 2.33. The van der Waals surface area contributed by atoms with E-state index in [9.17, 15) is 0 Å². The molecule has 0 bridgehead atoms. The molecule has 1 nitrogen and oxygen atoms in total. The Kier molecular flexibility index (Phi) is 2.23. The lowest BCUT2D eigenvalue weighted by Gasteiger charge is -2.07. The quantitative estimate of drug-likeness (QED) is 0.314. The van der Waals surface area contributed by atoms with E-state index < -0.39 is 0 Å². The summed E-state index contributed by atoms with van der Waals surface area (Å²) >= 11 is 6.53. The zero-order valence-electron chi connectivity index (χ0n) is 10.1. The molecule has 2 heteroatoms. The van der Waals surface area contributed by atoms with Crippen molar-refractivity contribution in [3.63, 3.8) is 0 Å². The fourth-order valence-electron chi connectivity index (χ4n) is 2.57. The molecule has 0 spiro atoms. The maximum atomic E-state index is 6.53. The Morgan fingerprint density at radius 3 is 2.32 bits per heavy atom. The number of benzene rings is 3. The second-order valence-electron chi connectivity index (χ2n) is 4.63. The molecule has 0 saturated carbocycles. The van der Waals surface area contributed by atoms with Gasteiger partial charge in [-0.1, -0.05) is 66.2 Å². The third-order valence-corrected chi connectivity index (χ3v) is 3.92. The fourth-order valence-corrected chi connectivity index (χ4v) is 2.89. The molecule has 90 valence electrons. The van der Waals surface area contributed by atoms with Crippen LogP contribution in [0, 0.1) is 0 Å². The van der Waals surface area contributed by atoms with Crippen molar-refractivity contribution < 1.29 is 0 Å². The lowest BCUT2D eigenvalue weighted by molar-refractivity contribution is 1.51. The molecule has 0 fully saturated rings. The van der Waals surface area contributed by atoms with E-state index in [2.05, 4.69) is 24.3 Å². The van der Waals surface area contributed by atoms with Gasteiger partial charge in [-0.15, -0.1) is 0 Å². The summed E-state index contributed by atoms with van der Waals surface area (Å²) in [6.07, 6.45) is 0. The Morgan fingerprint density at radius 2 is 1.42 bits per heavy atom. The molecule has 0 atom stereocenters. The summed E-state index contributed by atoms with van der Waals surface area (Å²) in [4.78, 5) is 4.78. The minimum Gasteiger partial charge on any atom is -0.247 e. The van der Waals surface area contributed by atoms with Crippen LogP contribution in [0.3, 0.4) is 0 Å². The first-order valence-electron chi connectivity index (χ1n) is 6.20. The van der Waals surface area contributed by atoms with E-state index in [0.717, 1.165) is 32.2 Å². The smallest absolute Gasteiger partial charge is 0.0803 e. The number of halogens is 1. The van der Waals surface area contributed by atoms with Gasteiger partial charge in [-0.3, -0.25) is 0 Å². The van der Waals surface area contributed by atoms with Gasteiger partial charge in [0.2, 0.25) is 0 Å². The number of aromatic nitrogens is 1. The van der Waals surface area contributed by atoms with Gasteiger partial charge in [0, 0.05) is 16.2 Å². The van der Waals surface area contributed by atoms with Crippen molar-refractivity contribution in [3.8, 4) is 0 Å². The van der Waals surface area contributed by atoms with Crippen LogP contribution in [0.2, 0.25) is 5.02 Å². The number of hydrogen-bond acceptors (Lipinski definition) is 1. The topological polar surface area (TPSA) is 12.9 Å². The summed E-state index contributed by atoms with van der Waals surface area (Å²) in [5.74, 6) is 0. The van der Waals surface area contributed by atoms with E-state index >= 15 is 0 Å². The van der Waals surface area contributed by atoms with Gasteiger partial charge in [0.05, 0.1) is 16.1 Å². The van der Waals surface area contributed by atoms with E-state index in [-0.39, 0.29) is 0 Å². The normalized spacial score (nSPS) is 11.4. The van der Waals surface area contributed by atoms with Crippen LogP contribution >= 0.6 is 11.6 Å². The van der Waals surface area contributed by atoms with Crippen LogP contribution in [0.1, 0.15) is 0 Å². The van der Waals surface area contributed by atoms with E-state index in [0.29, 0.717) is 0 Å². The fraction of sp³-hybridized carbons (Fsp3) is 0. The number of fused-ring (bicyclic) bond motifs is 4. The van der Waals surface area contributed by atoms with Crippen molar-refractivity contribution in [1.29, 1.82) is 0 Å². The summed E-state index contributed by atoms with van der Waals surface area (Å²) in [6.45, 7) is 0. The van der Waals surface area contributed by atoms with Gasteiger partial charge in [-0.2, -0.15) is 0 Å². The molecule has 0 N–H and O–H groups in total. The predicted octanol–water partition coefficient (Wildman–Crippen LogP) is 5.19. The van der Waals surface area contributed by atoms with Crippen molar-refractivity contribution in [2.75, 3.05) is 0 Å². The van der Waals surface area contributed by atoms with Crippen LogP contribution in [0.15, 0.2) is 60.7 Å². The maximum Gasteiger partial charge on any atom is 0.0803 e. The Labute approximate surface area is 115 Å². The molecule has 0 amide bonds. The number of hydrogen-bond donors (Lipinski definition) is 0. The average Bonchev–Trinajstić information content (AvgIpc) is 2.47. The summed E-state index contributed by atoms with van der Waals surface area (Å²) in [5, 5.41) is 5.14. The SMILES string of the molecule is Clc1c2ccccc2nc2c1ccc1ccccc12. The summed E-state index contributed by atoms with van der Waals surface area (Å²) < 4.78 is 0. The molecule has 4 rings (SSSR count). The monoisotopic (exact) mass is 263 g/mol. The largest absolute Gasteiger partial charge is 0.247 e. The molecule has 19 heavy (non-hydrogen) atoms. The number of rotatable bonds is 0. The van der Waals surface area contributed by atoms with Crippen molar-refractivity contribution in [2.45, 2.75) is 0 Å². The van der Waals surface area contributed by atoms with Gasteiger partial charge >= 0.3 is 0 Å². The second-order valence-corrected chi connectivity index (χ2v) is 5.00. The maximum absolute atomic E-state index is 6.53. The average molecular weight is 264 g/mol. The molecule has 3 aromatic carbocycles. The molecule has 1 heterocycles. The van der Waals surface area contributed by atoms with E-state index in [1.165, 1.54) is 5.39 Å². The van der Waals surface area contributed by atoms with Gasteiger partial charge < -0.3 is 0 Å². The lowest BCUT2D eigenvalue weighted by atomic mass is 10.0. The van der Waals surface area contributed by atoms with Gasteiger partial charge in [-0.05, 0) is 11.5 Å². The van der Waals surface area contributed by atoms with Gasteiger partial charge in [-0.25, -0.2) is 4.98 Å². The molecule has 0 aliphatic carbocycles. The zero-order chi connectivity index (χ0) is 12.8. The highest BCUT2D eigenvalue weighted by Gasteiger charge is 2.09. The Hall–Kier alpha value is -2.12. The standard InChI is InChI=1S/C17H10ClN/c18-16-13-7-3-4-8-15(13)19-17-12-6-2-1-5-11(12)9-10-14(16)17/h1-10H. The number of para-hydroxylation sites is 1. The Balaban J connectivity index is 2.32. The molecule has 0 aliphatic rings. The highest BCUT2D eigenvalue weighted by molar-refractivity contribution is 6.41. The third kappa shape index (κ3) is 1.52. The summed E-state index contributed by atoms with van der Waals surface area (Å²) in [7, 11) is 0. The summed E-state index contributed by atoms with van der Waals surface area (Å²) in [5.41, 5.74) is 1.91. The van der Waals surface area contributed by atoms with E-state index in [1.807, 2.05) is 36.4 Å². The van der Waals surface area contributed by atoms with Crippen molar-refractivity contribution in [3.05, 3.63) is 65.7 Å². The van der Waals surface area contributed by atoms with Gasteiger partial charge in [0.15, 0.2) is 0 Å². The van der Waals surface area contributed by atoms with Crippen LogP contribution in [0.5, 0.6) is 0 Å². The van der Waals surface area contributed by atoms with Crippen LogP contribution in [0.25, 0.3) is 32.6 Å². The molecule has 4 aromatic rings. The molecule has 1 aromatic heterocycles. The van der Waals surface area contributed by atoms with Gasteiger partial charge in [0.25, 0.3) is 0 Å². The lowest BCUT2D eigenvalue weighted by Crippen LogP contribution is -1.86. The van der Waals surface area contributed by atoms with Crippen LogP contribution in [-0.4, -0.2) is 4.98 Å². The first kappa shape index (κ1) is 10.8. The van der Waals surface area contributed by atoms with Crippen molar-refractivity contribution in [1.82, 2.24) is 4.98 Å². The molecule has 0 saturated heterocycles. The molecule has 0 radical (unpaired) electrons. The molecule has 0 aliphatic heterocycles. The first-order valence-corrected chi connectivity index (χ1v) is 6.58. The van der Waals surface area contributed by atoms with Crippen LogP contribution < -0.4 is 0 Å². The minimum absolute atomic E-state index is 0.784. The van der Waals surface area contributed by atoms with Crippen LogP contribution in [0.4, 0.5) is 0 Å². The Morgan fingerprint density at radius 1 is 0.684 bits per heavy atom. The third-order valence-electron chi connectivity index (χ3n) is 3.51. The first-order chi connectivity index (χ1) is 9.34. The van der Waals surface area contributed by atoms with E-state index in [1.54, 1.807) is 0 Å². The van der Waals surface area contributed by atoms with Gasteiger partial charge in [0.1, 0.15) is 0 Å². The minimum atomic E-state index is 0.784. The molecule has 0 unspecified atom stereocenters. The van der Waals surface area contributed by atoms with Crippen molar-refractivity contribution >= 4 is 44.2 Å².